The van der Waals surface area contributed by atoms with Crippen LogP contribution >= 0.6 is 23.2 Å². The molecule has 2 aliphatic rings. The first-order valence-corrected chi connectivity index (χ1v) is 14.2. The second-order valence-corrected chi connectivity index (χ2v) is 10.5. The lowest BCUT2D eigenvalue weighted by Crippen LogP contribution is -2.39. The van der Waals surface area contributed by atoms with Crippen LogP contribution < -0.4 is 14.8 Å². The molecule has 1 aliphatic heterocycles. The molecule has 228 valence electrons. The van der Waals surface area contributed by atoms with Gasteiger partial charge in [0.2, 0.25) is 5.82 Å². The van der Waals surface area contributed by atoms with E-state index in [1.807, 2.05) is 29.2 Å². The van der Waals surface area contributed by atoms with Crippen molar-refractivity contribution in [2.24, 2.45) is 0 Å². The molecule has 1 saturated carbocycles. The molecule has 1 heterocycles. The number of ether oxygens (including phenoxy) is 2. The highest BCUT2D eigenvalue weighted by molar-refractivity contribution is 6.42. The molecule has 0 bridgehead atoms. The van der Waals surface area contributed by atoms with Crippen LogP contribution in [0.5, 0.6) is 11.5 Å². The maximum Gasteiger partial charge on any atom is 0.290 e. The van der Waals surface area contributed by atoms with Gasteiger partial charge in [0.1, 0.15) is 19.0 Å². The standard InChI is InChI=1S/C30H27Cl2F3N2O3.CH2O2/c31-24-3-1-2-19(27(24)32)17-37(20-6-7-20)30(38)23-16-36-13-12-22(23)18-4-8-21(9-5-18)39-14-15-40-29-26(34)11-10-25(33)28(29)35;2-1-3/h1-5,8-11,20,36H,6-7,12-17H2;1H,(H,2,3). The summed E-state index contributed by atoms with van der Waals surface area (Å²) >= 11 is 12.6. The van der Waals surface area contributed by atoms with Gasteiger partial charge in [-0.25, -0.2) is 8.78 Å². The Morgan fingerprint density at radius 1 is 1.00 bits per heavy atom. The molecular weight excluding hydrogens is 608 g/mol. The molecule has 43 heavy (non-hydrogen) atoms. The molecule has 12 heteroatoms. The molecule has 1 aliphatic carbocycles. The molecule has 3 aromatic rings. The fraction of sp³-hybridized carbons (Fsp3) is 0.290. The monoisotopic (exact) mass is 636 g/mol. The van der Waals surface area contributed by atoms with Crippen LogP contribution in [0.1, 0.15) is 30.4 Å². The zero-order valence-corrected chi connectivity index (χ0v) is 24.4. The average molecular weight is 637 g/mol. The Morgan fingerprint density at radius 2 is 1.67 bits per heavy atom. The topological polar surface area (TPSA) is 88.1 Å². The van der Waals surface area contributed by atoms with Crippen LogP contribution in [0.25, 0.3) is 5.57 Å². The third-order valence-corrected chi connectivity index (χ3v) is 7.76. The van der Waals surface area contributed by atoms with E-state index in [2.05, 4.69) is 5.32 Å². The summed E-state index contributed by atoms with van der Waals surface area (Å²) in [6, 6.07) is 14.4. The van der Waals surface area contributed by atoms with Gasteiger partial charge in [-0.3, -0.25) is 9.59 Å². The summed E-state index contributed by atoms with van der Waals surface area (Å²) in [5.41, 5.74) is 3.42. The first kappa shape index (κ1) is 32.2. The first-order valence-electron chi connectivity index (χ1n) is 13.5. The Labute approximate surface area is 256 Å². The number of carboxylic acid groups (broad SMARTS) is 1. The quantitative estimate of drug-likeness (QED) is 0.150. The van der Waals surface area contributed by atoms with Gasteiger partial charge in [0, 0.05) is 24.7 Å². The maximum atomic E-state index is 13.8. The number of nitrogens with one attached hydrogen (secondary N) is 1. The number of nitrogens with zero attached hydrogens (tertiary/aromatic N) is 1. The van der Waals surface area contributed by atoms with Crippen molar-refractivity contribution in [3.8, 4) is 11.5 Å². The summed E-state index contributed by atoms with van der Waals surface area (Å²) in [7, 11) is 0. The van der Waals surface area contributed by atoms with Crippen molar-refractivity contribution < 1.29 is 37.3 Å². The van der Waals surface area contributed by atoms with Crippen molar-refractivity contribution in [2.75, 3.05) is 26.3 Å². The molecule has 0 atom stereocenters. The number of carbonyl (C=O) groups is 2. The van der Waals surface area contributed by atoms with Gasteiger partial charge in [0.15, 0.2) is 17.4 Å². The molecule has 0 unspecified atom stereocenters. The van der Waals surface area contributed by atoms with E-state index in [1.165, 1.54) is 0 Å². The molecule has 0 aromatic heterocycles. The summed E-state index contributed by atoms with van der Waals surface area (Å²) in [6.45, 7) is 1.16. The van der Waals surface area contributed by atoms with Crippen LogP contribution in [-0.4, -0.2) is 54.7 Å². The van der Waals surface area contributed by atoms with Gasteiger partial charge in [-0.15, -0.1) is 0 Å². The average Bonchev–Trinajstić information content (AvgIpc) is 3.85. The van der Waals surface area contributed by atoms with Gasteiger partial charge in [-0.2, -0.15) is 4.39 Å². The molecular formula is C31H29Cl2F3N2O5. The number of carbonyl (C=O) groups excluding carboxylic acids is 1. The fourth-order valence-corrected chi connectivity index (χ4v) is 5.06. The minimum atomic E-state index is -1.37. The van der Waals surface area contributed by atoms with Crippen molar-refractivity contribution in [3.63, 3.8) is 0 Å². The number of hydrogen-bond donors (Lipinski definition) is 2. The molecule has 5 rings (SSSR count). The van der Waals surface area contributed by atoms with Crippen molar-refractivity contribution in [2.45, 2.75) is 31.8 Å². The van der Waals surface area contributed by atoms with E-state index in [1.54, 1.807) is 18.2 Å². The Kier molecular flexibility index (Phi) is 11.3. The normalized spacial score (nSPS) is 14.4. The van der Waals surface area contributed by atoms with E-state index in [0.717, 1.165) is 47.7 Å². The highest BCUT2D eigenvalue weighted by Gasteiger charge is 2.35. The van der Waals surface area contributed by atoms with Crippen molar-refractivity contribution in [3.05, 3.63) is 98.8 Å². The zero-order chi connectivity index (χ0) is 30.9. The van der Waals surface area contributed by atoms with Gasteiger partial charge < -0.3 is 24.8 Å². The maximum absolute atomic E-state index is 13.8. The second-order valence-electron chi connectivity index (χ2n) is 9.76. The van der Waals surface area contributed by atoms with E-state index in [9.17, 15) is 18.0 Å². The molecule has 0 spiro atoms. The van der Waals surface area contributed by atoms with Crippen molar-refractivity contribution >= 4 is 41.2 Å². The van der Waals surface area contributed by atoms with E-state index in [-0.39, 0.29) is 31.6 Å². The second kappa shape index (κ2) is 15.1. The van der Waals surface area contributed by atoms with Gasteiger partial charge in [0.25, 0.3) is 12.4 Å². The minimum Gasteiger partial charge on any atom is -0.490 e. The predicted molar refractivity (Wildman–Crippen MR) is 157 cm³/mol. The molecule has 2 N–H and O–H groups in total. The Balaban J connectivity index is 0.00000135. The van der Waals surface area contributed by atoms with Crippen LogP contribution in [0, 0.1) is 17.5 Å². The fourth-order valence-electron chi connectivity index (χ4n) is 4.68. The van der Waals surface area contributed by atoms with Crippen molar-refractivity contribution in [1.29, 1.82) is 0 Å². The smallest absolute Gasteiger partial charge is 0.290 e. The third kappa shape index (κ3) is 8.22. The SMILES string of the molecule is O=C(C1=C(c2ccc(OCCOc3c(F)ccc(F)c3F)cc2)CCNC1)N(Cc1cccc(Cl)c1Cl)C1CC1.O=CO. The largest absolute Gasteiger partial charge is 0.490 e. The summed E-state index contributed by atoms with van der Waals surface area (Å²) in [5, 5.41) is 11.1. The van der Waals surface area contributed by atoms with E-state index < -0.39 is 23.2 Å². The van der Waals surface area contributed by atoms with Crippen LogP contribution in [0.15, 0.2) is 60.2 Å². The van der Waals surface area contributed by atoms with E-state index in [4.69, 9.17) is 42.6 Å². The zero-order valence-electron chi connectivity index (χ0n) is 22.9. The van der Waals surface area contributed by atoms with Gasteiger partial charge in [-0.1, -0.05) is 47.5 Å². The molecule has 3 aromatic carbocycles. The molecule has 7 nitrogen and oxygen atoms in total. The Hall–Kier alpha value is -3.73. The third-order valence-electron chi connectivity index (χ3n) is 6.90. The number of amides is 1. The number of hydrogen-bond acceptors (Lipinski definition) is 5. The number of halogens is 5. The molecule has 1 amide bonds. The molecule has 1 fully saturated rings. The summed E-state index contributed by atoms with van der Waals surface area (Å²) in [6.07, 6.45) is 2.60. The molecule has 0 saturated heterocycles. The highest BCUT2D eigenvalue weighted by Crippen LogP contribution is 2.35. The lowest BCUT2D eigenvalue weighted by Gasteiger charge is -2.28. The summed E-state index contributed by atoms with van der Waals surface area (Å²) in [5.74, 6) is -3.82. The number of rotatable bonds is 10. The molecule has 0 radical (unpaired) electrons. The lowest BCUT2D eigenvalue weighted by atomic mass is 9.93. The van der Waals surface area contributed by atoms with E-state index in [0.29, 0.717) is 41.4 Å². The van der Waals surface area contributed by atoms with Gasteiger partial charge in [-0.05, 0) is 72.8 Å². The Bertz CT molecular complexity index is 1480. The first-order chi connectivity index (χ1) is 20.7. The number of benzene rings is 3. The lowest BCUT2D eigenvalue weighted by molar-refractivity contribution is -0.128. The van der Waals surface area contributed by atoms with Crippen LogP contribution in [0.2, 0.25) is 10.0 Å². The highest BCUT2D eigenvalue weighted by atomic mass is 35.5. The van der Waals surface area contributed by atoms with Gasteiger partial charge in [0.05, 0.1) is 10.0 Å². The van der Waals surface area contributed by atoms with Gasteiger partial charge >= 0.3 is 0 Å². The van der Waals surface area contributed by atoms with E-state index >= 15 is 0 Å². The summed E-state index contributed by atoms with van der Waals surface area (Å²) < 4.78 is 51.4. The predicted octanol–water partition coefficient (Wildman–Crippen LogP) is 6.51. The van der Waals surface area contributed by atoms with Crippen LogP contribution in [-0.2, 0) is 16.1 Å². The Morgan fingerprint density at radius 3 is 2.37 bits per heavy atom. The van der Waals surface area contributed by atoms with Crippen LogP contribution in [0.3, 0.4) is 0 Å². The van der Waals surface area contributed by atoms with Crippen LogP contribution in [0.4, 0.5) is 13.2 Å². The van der Waals surface area contributed by atoms with Crippen molar-refractivity contribution in [1.82, 2.24) is 10.2 Å². The summed E-state index contributed by atoms with van der Waals surface area (Å²) in [4.78, 5) is 24.1. The minimum absolute atomic E-state index is 0.00645.